The second-order valence-corrected chi connectivity index (χ2v) is 7.38. The van der Waals surface area contributed by atoms with Crippen molar-refractivity contribution in [2.24, 2.45) is 0 Å². The van der Waals surface area contributed by atoms with Gasteiger partial charge in [-0.3, -0.25) is 4.79 Å². The summed E-state index contributed by atoms with van der Waals surface area (Å²) >= 11 is 0. The van der Waals surface area contributed by atoms with Crippen LogP contribution in [-0.2, 0) is 14.8 Å². The standard InChI is InChI=1S/C16H14F2N4O4S/c17-11-3-2-10(8-12(11)18)27(25,26)19-6-5-15(23)20-9-1-4-13-14(7-9)22-16(24)21-13/h1-4,7-8,19H,5-6H2,(H,20,23)(H2,21,22,24). The summed E-state index contributed by atoms with van der Waals surface area (Å²) in [5.74, 6) is -2.91. The molecular formula is C16H14F2N4O4S. The number of hydrogen-bond acceptors (Lipinski definition) is 4. The van der Waals surface area contributed by atoms with Crippen molar-refractivity contribution in [1.29, 1.82) is 0 Å². The van der Waals surface area contributed by atoms with Gasteiger partial charge in [-0.2, -0.15) is 0 Å². The number of rotatable bonds is 6. The SMILES string of the molecule is O=C(CCNS(=O)(=O)c1ccc(F)c(F)c1)Nc1ccc2[nH]c(=O)[nH]c2c1. The first-order valence-corrected chi connectivity index (χ1v) is 9.19. The highest BCUT2D eigenvalue weighted by molar-refractivity contribution is 7.89. The molecule has 3 aromatic rings. The molecule has 27 heavy (non-hydrogen) atoms. The van der Waals surface area contributed by atoms with E-state index in [1.54, 1.807) is 18.2 Å². The highest BCUT2D eigenvalue weighted by Crippen LogP contribution is 2.15. The molecule has 2 aromatic carbocycles. The molecular weight excluding hydrogens is 382 g/mol. The Balaban J connectivity index is 1.58. The third kappa shape index (κ3) is 4.38. The largest absolute Gasteiger partial charge is 0.326 e. The van der Waals surface area contributed by atoms with Gasteiger partial charge in [0.15, 0.2) is 11.6 Å². The number of hydrogen-bond donors (Lipinski definition) is 4. The molecule has 0 radical (unpaired) electrons. The monoisotopic (exact) mass is 396 g/mol. The van der Waals surface area contributed by atoms with E-state index in [2.05, 4.69) is 20.0 Å². The molecule has 0 aliphatic carbocycles. The molecule has 0 atom stereocenters. The van der Waals surface area contributed by atoms with Crippen LogP contribution in [0.3, 0.4) is 0 Å². The topological polar surface area (TPSA) is 124 Å². The van der Waals surface area contributed by atoms with E-state index in [1.165, 1.54) is 0 Å². The zero-order chi connectivity index (χ0) is 19.6. The fourth-order valence-corrected chi connectivity index (χ4v) is 3.40. The summed E-state index contributed by atoms with van der Waals surface area (Å²) in [5.41, 5.74) is 1.14. The summed E-state index contributed by atoms with van der Waals surface area (Å²) in [7, 11) is -4.07. The van der Waals surface area contributed by atoms with E-state index in [1.807, 2.05) is 0 Å². The number of amides is 1. The summed E-state index contributed by atoms with van der Waals surface area (Å²) in [4.78, 5) is 27.8. The van der Waals surface area contributed by atoms with E-state index in [4.69, 9.17) is 0 Å². The normalized spacial score (nSPS) is 11.6. The zero-order valence-corrected chi connectivity index (χ0v) is 14.5. The van der Waals surface area contributed by atoms with Crippen molar-refractivity contribution < 1.29 is 22.0 Å². The third-order valence-corrected chi connectivity index (χ3v) is 5.10. The number of fused-ring (bicyclic) bond motifs is 1. The first-order valence-electron chi connectivity index (χ1n) is 7.71. The van der Waals surface area contributed by atoms with Gasteiger partial charge in [0.1, 0.15) is 0 Å². The molecule has 0 unspecified atom stereocenters. The summed E-state index contributed by atoms with van der Waals surface area (Å²) < 4.78 is 52.2. The number of carbonyl (C=O) groups excluding carboxylic acids is 1. The molecule has 0 bridgehead atoms. The molecule has 0 spiro atoms. The molecule has 4 N–H and O–H groups in total. The molecule has 0 aliphatic heterocycles. The second kappa shape index (κ2) is 7.29. The van der Waals surface area contributed by atoms with E-state index >= 15 is 0 Å². The number of aromatic amines is 2. The van der Waals surface area contributed by atoms with Crippen LogP contribution in [0.5, 0.6) is 0 Å². The Morgan fingerprint density at radius 3 is 2.48 bits per heavy atom. The van der Waals surface area contributed by atoms with Gasteiger partial charge in [0.05, 0.1) is 15.9 Å². The van der Waals surface area contributed by atoms with Gasteiger partial charge in [0.25, 0.3) is 0 Å². The number of aromatic nitrogens is 2. The third-order valence-electron chi connectivity index (χ3n) is 3.65. The Bertz CT molecular complexity index is 1170. The lowest BCUT2D eigenvalue weighted by molar-refractivity contribution is -0.116. The number of nitrogens with one attached hydrogen (secondary N) is 4. The lowest BCUT2D eigenvalue weighted by Crippen LogP contribution is -2.28. The van der Waals surface area contributed by atoms with Crippen LogP contribution in [0.2, 0.25) is 0 Å². The van der Waals surface area contributed by atoms with Crippen molar-refractivity contribution in [2.75, 3.05) is 11.9 Å². The molecule has 8 nitrogen and oxygen atoms in total. The lowest BCUT2D eigenvalue weighted by atomic mass is 10.2. The van der Waals surface area contributed by atoms with Crippen LogP contribution in [-0.4, -0.2) is 30.8 Å². The van der Waals surface area contributed by atoms with E-state index in [0.29, 0.717) is 28.9 Å². The fraction of sp³-hybridized carbons (Fsp3) is 0.125. The van der Waals surface area contributed by atoms with Crippen LogP contribution in [0.1, 0.15) is 6.42 Å². The smallest absolute Gasteiger partial charge is 0.323 e. The Kier molecular flexibility index (Phi) is 5.06. The Labute approximate surface area is 151 Å². The van der Waals surface area contributed by atoms with Gasteiger partial charge in [-0.1, -0.05) is 0 Å². The van der Waals surface area contributed by atoms with Gasteiger partial charge in [-0.05, 0) is 36.4 Å². The van der Waals surface area contributed by atoms with Crippen molar-refractivity contribution in [3.63, 3.8) is 0 Å². The molecule has 1 heterocycles. The van der Waals surface area contributed by atoms with E-state index in [-0.39, 0.29) is 18.7 Å². The highest BCUT2D eigenvalue weighted by Gasteiger charge is 2.16. The fourth-order valence-electron chi connectivity index (χ4n) is 2.36. The molecule has 142 valence electrons. The Morgan fingerprint density at radius 1 is 1.00 bits per heavy atom. The van der Waals surface area contributed by atoms with Gasteiger partial charge < -0.3 is 15.3 Å². The van der Waals surface area contributed by atoms with Crippen LogP contribution in [0.15, 0.2) is 46.1 Å². The number of imidazole rings is 1. The molecule has 0 saturated carbocycles. The highest BCUT2D eigenvalue weighted by atomic mass is 32.2. The molecule has 3 rings (SSSR count). The first kappa shape index (κ1) is 18.7. The summed E-state index contributed by atoms with van der Waals surface area (Å²) in [6.07, 6.45) is -0.190. The van der Waals surface area contributed by atoms with Crippen LogP contribution in [0.4, 0.5) is 14.5 Å². The summed E-state index contributed by atoms with van der Waals surface area (Å²) in [6, 6.07) is 6.93. The number of carbonyl (C=O) groups is 1. The van der Waals surface area contributed by atoms with Crippen molar-refractivity contribution in [3.05, 3.63) is 58.5 Å². The minimum absolute atomic E-state index is 0.190. The number of sulfonamides is 1. The van der Waals surface area contributed by atoms with Crippen molar-refractivity contribution in [2.45, 2.75) is 11.3 Å². The molecule has 11 heteroatoms. The summed E-state index contributed by atoms with van der Waals surface area (Å²) in [6.45, 7) is -0.240. The van der Waals surface area contributed by atoms with E-state index < -0.39 is 32.5 Å². The average molecular weight is 396 g/mol. The second-order valence-electron chi connectivity index (χ2n) is 5.61. The van der Waals surface area contributed by atoms with Crippen LogP contribution in [0, 0.1) is 11.6 Å². The van der Waals surface area contributed by atoms with Gasteiger partial charge in [-0.15, -0.1) is 0 Å². The maximum absolute atomic E-state index is 13.2. The lowest BCUT2D eigenvalue weighted by Gasteiger charge is -2.08. The summed E-state index contributed by atoms with van der Waals surface area (Å²) in [5, 5.41) is 2.57. The average Bonchev–Trinajstić information content (AvgIpc) is 2.96. The minimum atomic E-state index is -4.07. The van der Waals surface area contributed by atoms with E-state index in [0.717, 1.165) is 6.07 Å². The predicted octanol–water partition coefficient (Wildman–Crippen LogP) is 1.44. The van der Waals surface area contributed by atoms with Crippen LogP contribution >= 0.6 is 0 Å². The number of H-pyrrole nitrogens is 2. The van der Waals surface area contributed by atoms with Crippen molar-refractivity contribution >= 4 is 32.7 Å². The molecule has 0 fully saturated rings. The van der Waals surface area contributed by atoms with Crippen molar-refractivity contribution in [3.8, 4) is 0 Å². The molecule has 0 saturated heterocycles. The van der Waals surface area contributed by atoms with Crippen molar-refractivity contribution in [1.82, 2.24) is 14.7 Å². The number of benzene rings is 2. The quantitative estimate of drug-likeness (QED) is 0.503. The Hall–Kier alpha value is -3.05. The maximum Gasteiger partial charge on any atom is 0.323 e. The van der Waals surface area contributed by atoms with Crippen LogP contribution in [0.25, 0.3) is 11.0 Å². The molecule has 1 amide bonds. The zero-order valence-electron chi connectivity index (χ0n) is 13.7. The number of halogens is 2. The number of anilines is 1. The van der Waals surface area contributed by atoms with Gasteiger partial charge in [-0.25, -0.2) is 26.7 Å². The van der Waals surface area contributed by atoms with E-state index in [9.17, 15) is 26.8 Å². The van der Waals surface area contributed by atoms with Gasteiger partial charge >= 0.3 is 5.69 Å². The van der Waals surface area contributed by atoms with Gasteiger partial charge in [0, 0.05) is 18.7 Å². The van der Waals surface area contributed by atoms with Crippen LogP contribution < -0.4 is 15.7 Å². The molecule has 1 aromatic heterocycles. The maximum atomic E-state index is 13.2. The first-order chi connectivity index (χ1) is 12.7. The minimum Gasteiger partial charge on any atom is -0.326 e. The predicted molar refractivity (Wildman–Crippen MR) is 93.7 cm³/mol. The Morgan fingerprint density at radius 2 is 1.74 bits per heavy atom. The molecule has 0 aliphatic rings. The van der Waals surface area contributed by atoms with Gasteiger partial charge in [0.2, 0.25) is 15.9 Å².